The molecule has 2 heterocycles. The number of hydrogen-bond donors (Lipinski definition) is 1. The van der Waals surface area contributed by atoms with Crippen molar-refractivity contribution in [1.82, 2.24) is 10.2 Å². The lowest BCUT2D eigenvalue weighted by molar-refractivity contribution is 0.102. The van der Waals surface area contributed by atoms with Crippen LogP contribution >= 0.6 is 23.1 Å². The van der Waals surface area contributed by atoms with Crippen LogP contribution in [-0.2, 0) is 6.42 Å². The number of hydrogen-bond acceptors (Lipinski definition) is 8. The van der Waals surface area contributed by atoms with E-state index in [2.05, 4.69) is 15.5 Å². The van der Waals surface area contributed by atoms with Crippen molar-refractivity contribution in [2.75, 3.05) is 24.8 Å². The molecule has 1 aliphatic rings. The Labute approximate surface area is 164 Å². The third-order valence-corrected chi connectivity index (χ3v) is 6.07. The van der Waals surface area contributed by atoms with E-state index in [1.165, 1.54) is 23.1 Å². The summed E-state index contributed by atoms with van der Waals surface area (Å²) in [5.41, 5.74) is 2.64. The largest absolute Gasteiger partial charge is 0.495 e. The van der Waals surface area contributed by atoms with Gasteiger partial charge in [-0.2, -0.15) is 0 Å². The van der Waals surface area contributed by atoms with E-state index < -0.39 is 0 Å². The van der Waals surface area contributed by atoms with Gasteiger partial charge in [-0.05, 0) is 35.9 Å². The Morgan fingerprint density at radius 1 is 1.30 bits per heavy atom. The second kappa shape index (κ2) is 7.98. The molecule has 0 unspecified atom stereocenters. The molecule has 1 aliphatic heterocycles. The van der Waals surface area contributed by atoms with E-state index in [-0.39, 0.29) is 5.78 Å². The maximum Gasteiger partial charge on any atom is 0.210 e. The highest BCUT2D eigenvalue weighted by atomic mass is 32.2. The van der Waals surface area contributed by atoms with Gasteiger partial charge in [0.15, 0.2) is 10.1 Å². The summed E-state index contributed by atoms with van der Waals surface area (Å²) < 4.78 is 11.5. The molecule has 1 N–H and O–H groups in total. The zero-order chi connectivity index (χ0) is 18.6. The van der Waals surface area contributed by atoms with E-state index in [0.717, 1.165) is 33.5 Å². The molecule has 0 amide bonds. The first-order valence-corrected chi connectivity index (χ1v) is 10.2. The number of ether oxygens (including phenoxy) is 2. The minimum atomic E-state index is 0.0733. The summed E-state index contributed by atoms with van der Waals surface area (Å²) in [6, 6.07) is 13.2. The minimum absolute atomic E-state index is 0.0733. The summed E-state index contributed by atoms with van der Waals surface area (Å²) in [5, 5.41) is 12.1. The monoisotopic (exact) mass is 399 g/mol. The van der Waals surface area contributed by atoms with E-state index in [4.69, 9.17) is 9.47 Å². The van der Waals surface area contributed by atoms with Crippen LogP contribution in [0.25, 0.3) is 0 Å². The number of benzene rings is 2. The Morgan fingerprint density at radius 2 is 2.19 bits per heavy atom. The Balaban J connectivity index is 1.37. The van der Waals surface area contributed by atoms with Gasteiger partial charge in [0.05, 0.1) is 25.2 Å². The Bertz CT molecular complexity index is 974. The summed E-state index contributed by atoms with van der Waals surface area (Å²) in [6.45, 7) is 0.689. The normalized spacial score (nSPS) is 12.3. The number of methoxy groups -OCH3 is 1. The number of carbonyl (C=O) groups is 1. The first-order chi connectivity index (χ1) is 13.2. The number of anilines is 2. The number of Topliss-reactive ketones (excluding diaryl/α,β-unsaturated/α-hetero) is 1. The minimum Gasteiger partial charge on any atom is -0.495 e. The van der Waals surface area contributed by atoms with Crippen LogP contribution in [0.3, 0.4) is 0 Å². The van der Waals surface area contributed by atoms with Crippen LogP contribution in [0.5, 0.6) is 11.5 Å². The summed E-state index contributed by atoms with van der Waals surface area (Å²) in [6.07, 6.45) is 0.859. The zero-order valence-electron chi connectivity index (χ0n) is 14.6. The van der Waals surface area contributed by atoms with Crippen molar-refractivity contribution in [2.45, 2.75) is 10.8 Å². The highest BCUT2D eigenvalue weighted by Gasteiger charge is 2.16. The van der Waals surface area contributed by atoms with Gasteiger partial charge in [-0.1, -0.05) is 35.2 Å². The van der Waals surface area contributed by atoms with Gasteiger partial charge in [0, 0.05) is 12.0 Å². The fourth-order valence-corrected chi connectivity index (χ4v) is 4.41. The lowest BCUT2D eigenvalue weighted by Gasteiger charge is -2.07. The average molecular weight is 399 g/mol. The molecule has 0 fully saturated rings. The Kier molecular flexibility index (Phi) is 5.26. The first kappa shape index (κ1) is 17.8. The van der Waals surface area contributed by atoms with Crippen molar-refractivity contribution < 1.29 is 14.3 Å². The molecule has 0 saturated heterocycles. The molecule has 0 radical (unpaired) electrons. The zero-order valence-corrected chi connectivity index (χ0v) is 16.2. The molecule has 1 aromatic heterocycles. The molecule has 0 spiro atoms. The molecular weight excluding hydrogens is 382 g/mol. The predicted octanol–water partition coefficient (Wildman–Crippen LogP) is 4.20. The molecule has 3 aromatic rings. The predicted molar refractivity (Wildman–Crippen MR) is 107 cm³/mol. The second-order valence-corrected chi connectivity index (χ2v) is 8.03. The third kappa shape index (κ3) is 4.06. The highest BCUT2D eigenvalue weighted by molar-refractivity contribution is 8.01. The molecule has 138 valence electrons. The number of ketones is 1. The number of carbonyl (C=O) groups excluding carboxylic acids is 1. The van der Waals surface area contributed by atoms with Gasteiger partial charge in [-0.15, -0.1) is 10.2 Å². The summed E-state index contributed by atoms with van der Waals surface area (Å²) in [7, 11) is 1.62. The van der Waals surface area contributed by atoms with Crippen LogP contribution in [0.15, 0.2) is 46.8 Å². The van der Waals surface area contributed by atoms with Crippen molar-refractivity contribution in [3.8, 4) is 11.5 Å². The van der Waals surface area contributed by atoms with Crippen LogP contribution in [0.1, 0.15) is 15.9 Å². The van der Waals surface area contributed by atoms with Crippen LogP contribution in [0, 0.1) is 0 Å². The van der Waals surface area contributed by atoms with Gasteiger partial charge in [-0.3, -0.25) is 4.79 Å². The van der Waals surface area contributed by atoms with Gasteiger partial charge in [0.25, 0.3) is 0 Å². The second-order valence-electron chi connectivity index (χ2n) is 5.83. The summed E-state index contributed by atoms with van der Waals surface area (Å²) in [5.74, 6) is 2.01. The Morgan fingerprint density at radius 3 is 3.07 bits per heavy atom. The number of thioether (sulfide) groups is 1. The van der Waals surface area contributed by atoms with Gasteiger partial charge in [0.2, 0.25) is 5.13 Å². The molecule has 0 saturated carbocycles. The van der Waals surface area contributed by atoms with Gasteiger partial charge >= 0.3 is 0 Å². The number of para-hydroxylation sites is 2. The quantitative estimate of drug-likeness (QED) is 0.471. The van der Waals surface area contributed by atoms with Gasteiger partial charge in [0.1, 0.15) is 11.5 Å². The molecule has 6 nitrogen and oxygen atoms in total. The van der Waals surface area contributed by atoms with Crippen molar-refractivity contribution in [3.63, 3.8) is 0 Å². The van der Waals surface area contributed by atoms with E-state index in [1.807, 2.05) is 42.5 Å². The van der Waals surface area contributed by atoms with Crippen LogP contribution in [0.2, 0.25) is 0 Å². The highest BCUT2D eigenvalue weighted by Crippen LogP contribution is 2.32. The average Bonchev–Trinajstić information content (AvgIpc) is 3.35. The lowest BCUT2D eigenvalue weighted by Crippen LogP contribution is -2.02. The first-order valence-electron chi connectivity index (χ1n) is 8.38. The maximum atomic E-state index is 12.5. The Hall–Kier alpha value is -2.58. The van der Waals surface area contributed by atoms with Gasteiger partial charge in [-0.25, -0.2) is 0 Å². The van der Waals surface area contributed by atoms with Crippen molar-refractivity contribution in [2.24, 2.45) is 0 Å². The number of nitrogens with one attached hydrogen (secondary N) is 1. The standard InChI is InChI=1S/C19H17N3O3S2/c1-24-17-5-3-2-4-14(17)20-18-21-22-19(27-18)26-11-15(23)12-6-7-16-13(10-12)8-9-25-16/h2-7,10H,8-9,11H2,1H3,(H,20,21). The molecular formula is C19H17N3O3S2. The third-order valence-electron chi connectivity index (χ3n) is 4.09. The number of aromatic nitrogens is 2. The topological polar surface area (TPSA) is 73.3 Å². The summed E-state index contributed by atoms with van der Waals surface area (Å²) in [4.78, 5) is 12.5. The summed E-state index contributed by atoms with van der Waals surface area (Å²) >= 11 is 2.80. The molecule has 0 aliphatic carbocycles. The van der Waals surface area contributed by atoms with E-state index in [0.29, 0.717) is 23.1 Å². The van der Waals surface area contributed by atoms with E-state index in [1.54, 1.807) is 7.11 Å². The smallest absolute Gasteiger partial charge is 0.210 e. The van der Waals surface area contributed by atoms with Crippen molar-refractivity contribution in [1.29, 1.82) is 0 Å². The van der Waals surface area contributed by atoms with E-state index >= 15 is 0 Å². The molecule has 27 heavy (non-hydrogen) atoms. The van der Waals surface area contributed by atoms with Crippen molar-refractivity contribution >= 4 is 39.7 Å². The van der Waals surface area contributed by atoms with Crippen LogP contribution < -0.4 is 14.8 Å². The van der Waals surface area contributed by atoms with E-state index in [9.17, 15) is 4.79 Å². The SMILES string of the molecule is COc1ccccc1Nc1nnc(SCC(=O)c2ccc3c(c2)CCO3)s1. The molecule has 4 rings (SSSR count). The molecule has 0 bridgehead atoms. The fourth-order valence-electron chi connectivity index (χ4n) is 2.75. The molecule has 0 atom stereocenters. The molecule has 8 heteroatoms. The van der Waals surface area contributed by atoms with Crippen molar-refractivity contribution in [3.05, 3.63) is 53.6 Å². The van der Waals surface area contributed by atoms with Crippen LogP contribution in [0.4, 0.5) is 10.8 Å². The van der Waals surface area contributed by atoms with Gasteiger partial charge < -0.3 is 14.8 Å². The number of fused-ring (bicyclic) bond motifs is 1. The lowest BCUT2D eigenvalue weighted by atomic mass is 10.1. The van der Waals surface area contributed by atoms with Crippen LogP contribution in [-0.4, -0.2) is 35.5 Å². The molecule has 2 aromatic carbocycles. The maximum absolute atomic E-state index is 12.5. The number of nitrogens with zero attached hydrogens (tertiary/aromatic N) is 2. The fraction of sp³-hybridized carbons (Fsp3) is 0.211. The number of rotatable bonds is 7.